The summed E-state index contributed by atoms with van der Waals surface area (Å²) >= 11 is 0. The number of imidazole rings is 1. The van der Waals surface area contributed by atoms with E-state index in [1.807, 2.05) is 43.5 Å². The molecule has 0 amide bonds. The van der Waals surface area contributed by atoms with Gasteiger partial charge in [-0.3, -0.25) is 0 Å². The first-order valence-corrected chi connectivity index (χ1v) is 6.14. The Balaban J connectivity index is 1.87. The number of fused-ring (bicyclic) bond motifs is 1. The molecule has 0 fully saturated rings. The van der Waals surface area contributed by atoms with E-state index in [2.05, 4.69) is 20.3 Å². The number of nitrogens with two attached hydrogens (primary N) is 1. The molecule has 0 aliphatic heterocycles. The summed E-state index contributed by atoms with van der Waals surface area (Å²) in [5.74, 6) is 1.71. The minimum atomic E-state index is 0.0775. The topological polar surface area (TPSA) is 79.6 Å². The van der Waals surface area contributed by atoms with Crippen LogP contribution in [-0.4, -0.2) is 15.0 Å². The Bertz CT molecular complexity index is 690. The van der Waals surface area contributed by atoms with Crippen LogP contribution >= 0.6 is 0 Å². The molecule has 0 aliphatic carbocycles. The number of rotatable bonds is 3. The standard InChI is InChI=1S/C14H15N5/c1-9(14-16-6-7-17-14)18-13-5-2-10-8-11(15)3-4-12(10)19-13/h2-9H,15H2,1H3,(H,16,17)(H,18,19). The minimum absolute atomic E-state index is 0.0775. The van der Waals surface area contributed by atoms with Gasteiger partial charge in [0, 0.05) is 23.5 Å². The number of hydrogen-bond donors (Lipinski definition) is 3. The number of benzene rings is 1. The van der Waals surface area contributed by atoms with Crippen LogP contribution in [0.15, 0.2) is 42.7 Å². The number of aromatic amines is 1. The van der Waals surface area contributed by atoms with E-state index >= 15 is 0 Å². The second-order valence-electron chi connectivity index (χ2n) is 4.49. The normalized spacial score (nSPS) is 12.5. The summed E-state index contributed by atoms with van der Waals surface area (Å²) in [5.41, 5.74) is 7.42. The molecule has 0 radical (unpaired) electrons. The van der Waals surface area contributed by atoms with Crippen LogP contribution < -0.4 is 11.1 Å². The summed E-state index contributed by atoms with van der Waals surface area (Å²) in [4.78, 5) is 11.9. The Kier molecular flexibility index (Phi) is 2.79. The monoisotopic (exact) mass is 253 g/mol. The largest absolute Gasteiger partial charge is 0.399 e. The summed E-state index contributed by atoms with van der Waals surface area (Å²) in [5, 5.41) is 4.35. The molecule has 1 unspecified atom stereocenters. The molecule has 0 saturated heterocycles. The van der Waals surface area contributed by atoms with Crippen molar-refractivity contribution in [1.82, 2.24) is 15.0 Å². The van der Waals surface area contributed by atoms with Crippen molar-refractivity contribution in [2.24, 2.45) is 0 Å². The van der Waals surface area contributed by atoms with E-state index in [9.17, 15) is 0 Å². The van der Waals surface area contributed by atoms with Gasteiger partial charge in [-0.1, -0.05) is 0 Å². The van der Waals surface area contributed by atoms with Gasteiger partial charge < -0.3 is 16.0 Å². The second-order valence-corrected chi connectivity index (χ2v) is 4.49. The molecular formula is C14H15N5. The van der Waals surface area contributed by atoms with Crippen LogP contribution in [-0.2, 0) is 0 Å². The zero-order chi connectivity index (χ0) is 13.2. The van der Waals surface area contributed by atoms with Crippen LogP contribution in [0.2, 0.25) is 0 Å². The van der Waals surface area contributed by atoms with Crippen molar-refractivity contribution in [1.29, 1.82) is 0 Å². The van der Waals surface area contributed by atoms with E-state index in [0.29, 0.717) is 0 Å². The van der Waals surface area contributed by atoms with Crippen molar-refractivity contribution in [3.8, 4) is 0 Å². The van der Waals surface area contributed by atoms with Gasteiger partial charge in [-0.05, 0) is 37.3 Å². The van der Waals surface area contributed by atoms with Crippen molar-refractivity contribution in [2.75, 3.05) is 11.1 Å². The summed E-state index contributed by atoms with van der Waals surface area (Å²) in [6, 6.07) is 9.73. The van der Waals surface area contributed by atoms with Crippen molar-refractivity contribution >= 4 is 22.4 Å². The molecule has 0 bridgehead atoms. The molecule has 2 heterocycles. The van der Waals surface area contributed by atoms with Gasteiger partial charge in [-0.2, -0.15) is 0 Å². The Morgan fingerprint density at radius 3 is 2.95 bits per heavy atom. The third-order valence-corrected chi connectivity index (χ3v) is 3.01. The summed E-state index contributed by atoms with van der Waals surface area (Å²) in [7, 11) is 0. The van der Waals surface area contributed by atoms with Gasteiger partial charge in [0.2, 0.25) is 0 Å². The molecular weight excluding hydrogens is 238 g/mol. The average Bonchev–Trinajstić information content (AvgIpc) is 2.93. The Labute approximate surface area is 110 Å². The van der Waals surface area contributed by atoms with Gasteiger partial charge in [0.25, 0.3) is 0 Å². The Morgan fingerprint density at radius 1 is 1.26 bits per heavy atom. The molecule has 4 N–H and O–H groups in total. The van der Waals surface area contributed by atoms with E-state index in [1.165, 1.54) is 0 Å². The third kappa shape index (κ3) is 2.35. The number of hydrogen-bond acceptors (Lipinski definition) is 4. The lowest BCUT2D eigenvalue weighted by Crippen LogP contribution is -2.09. The molecule has 5 heteroatoms. The number of H-pyrrole nitrogens is 1. The molecule has 19 heavy (non-hydrogen) atoms. The van der Waals surface area contributed by atoms with Crippen molar-refractivity contribution in [3.63, 3.8) is 0 Å². The zero-order valence-electron chi connectivity index (χ0n) is 10.6. The highest BCUT2D eigenvalue weighted by Crippen LogP contribution is 2.20. The molecule has 0 spiro atoms. The van der Waals surface area contributed by atoms with Gasteiger partial charge in [-0.25, -0.2) is 9.97 Å². The van der Waals surface area contributed by atoms with Gasteiger partial charge >= 0.3 is 0 Å². The van der Waals surface area contributed by atoms with Crippen LogP contribution in [0.25, 0.3) is 10.9 Å². The van der Waals surface area contributed by atoms with E-state index < -0.39 is 0 Å². The number of nitrogens with zero attached hydrogens (tertiary/aromatic N) is 2. The summed E-state index contributed by atoms with van der Waals surface area (Å²) < 4.78 is 0. The minimum Gasteiger partial charge on any atom is -0.399 e. The third-order valence-electron chi connectivity index (χ3n) is 3.01. The predicted octanol–water partition coefficient (Wildman–Crippen LogP) is 2.71. The molecule has 5 nitrogen and oxygen atoms in total. The van der Waals surface area contributed by atoms with E-state index in [4.69, 9.17) is 5.73 Å². The number of anilines is 2. The molecule has 1 atom stereocenters. The van der Waals surface area contributed by atoms with Crippen LogP contribution in [0.1, 0.15) is 18.8 Å². The Morgan fingerprint density at radius 2 is 2.16 bits per heavy atom. The van der Waals surface area contributed by atoms with Gasteiger partial charge in [-0.15, -0.1) is 0 Å². The fourth-order valence-corrected chi connectivity index (χ4v) is 2.03. The van der Waals surface area contributed by atoms with Crippen LogP contribution in [0, 0.1) is 0 Å². The molecule has 96 valence electrons. The molecule has 3 aromatic rings. The highest BCUT2D eigenvalue weighted by Gasteiger charge is 2.08. The van der Waals surface area contributed by atoms with Crippen LogP contribution in [0.4, 0.5) is 11.5 Å². The van der Waals surface area contributed by atoms with Crippen LogP contribution in [0.5, 0.6) is 0 Å². The summed E-state index contributed by atoms with van der Waals surface area (Å²) in [6.45, 7) is 2.04. The average molecular weight is 253 g/mol. The summed E-state index contributed by atoms with van der Waals surface area (Å²) in [6.07, 6.45) is 3.55. The van der Waals surface area contributed by atoms with E-state index in [1.54, 1.807) is 6.20 Å². The maximum atomic E-state index is 5.75. The van der Waals surface area contributed by atoms with Crippen LogP contribution in [0.3, 0.4) is 0 Å². The van der Waals surface area contributed by atoms with Gasteiger partial charge in [0.15, 0.2) is 0 Å². The molecule has 2 aromatic heterocycles. The SMILES string of the molecule is CC(Nc1ccc2cc(N)ccc2n1)c1ncc[nH]1. The Hall–Kier alpha value is -2.56. The fourth-order valence-electron chi connectivity index (χ4n) is 2.03. The van der Waals surface area contributed by atoms with Crippen molar-refractivity contribution in [2.45, 2.75) is 13.0 Å². The van der Waals surface area contributed by atoms with Crippen molar-refractivity contribution < 1.29 is 0 Å². The highest BCUT2D eigenvalue weighted by atomic mass is 15.1. The quantitative estimate of drug-likeness (QED) is 0.627. The highest BCUT2D eigenvalue weighted by molar-refractivity contribution is 5.83. The lowest BCUT2D eigenvalue weighted by atomic mass is 10.2. The smallest absolute Gasteiger partial charge is 0.128 e. The maximum Gasteiger partial charge on any atom is 0.128 e. The fraction of sp³-hybridized carbons (Fsp3) is 0.143. The number of aromatic nitrogens is 3. The lowest BCUT2D eigenvalue weighted by molar-refractivity contribution is 0.805. The van der Waals surface area contributed by atoms with Crippen molar-refractivity contribution in [3.05, 3.63) is 48.5 Å². The van der Waals surface area contributed by atoms with E-state index in [0.717, 1.165) is 28.2 Å². The molecule has 0 saturated carbocycles. The lowest BCUT2D eigenvalue weighted by Gasteiger charge is -2.12. The molecule has 1 aromatic carbocycles. The number of pyridine rings is 1. The number of nitrogens with one attached hydrogen (secondary N) is 2. The van der Waals surface area contributed by atoms with Gasteiger partial charge in [0.1, 0.15) is 11.6 Å². The first-order chi connectivity index (χ1) is 9.22. The number of nitrogen functional groups attached to an aromatic ring is 1. The molecule has 3 rings (SSSR count). The van der Waals surface area contributed by atoms with Gasteiger partial charge in [0.05, 0.1) is 11.6 Å². The van der Waals surface area contributed by atoms with E-state index in [-0.39, 0.29) is 6.04 Å². The first kappa shape index (κ1) is 11.5. The zero-order valence-corrected chi connectivity index (χ0v) is 10.6. The molecule has 0 aliphatic rings. The maximum absolute atomic E-state index is 5.75. The second kappa shape index (κ2) is 4.61. The first-order valence-electron chi connectivity index (χ1n) is 6.14. The predicted molar refractivity (Wildman–Crippen MR) is 76.8 cm³/mol.